The van der Waals surface area contributed by atoms with Crippen LogP contribution in [0.5, 0.6) is 0 Å². The fraction of sp³-hybridized carbons (Fsp3) is 0.667. The Balaban J connectivity index is 1.46. The highest BCUT2D eigenvalue weighted by Gasteiger charge is 2.25. The minimum absolute atomic E-state index is 0.273. The predicted molar refractivity (Wildman–Crippen MR) is 91.3 cm³/mol. The van der Waals surface area contributed by atoms with Gasteiger partial charge in [-0.05, 0) is 63.0 Å². The van der Waals surface area contributed by atoms with Crippen molar-refractivity contribution in [2.45, 2.75) is 31.8 Å². The molecule has 0 N–H and O–H groups in total. The summed E-state index contributed by atoms with van der Waals surface area (Å²) in [5, 5.41) is 0.524. The van der Waals surface area contributed by atoms with Crippen molar-refractivity contribution < 1.29 is 9.13 Å². The van der Waals surface area contributed by atoms with Crippen molar-refractivity contribution in [3.63, 3.8) is 0 Å². The van der Waals surface area contributed by atoms with E-state index in [4.69, 9.17) is 16.3 Å². The topological polar surface area (TPSA) is 15.7 Å². The molecular weight excluding hydrogens is 315 g/mol. The lowest BCUT2D eigenvalue weighted by Crippen LogP contribution is -2.44. The van der Waals surface area contributed by atoms with Gasteiger partial charge in [-0.25, -0.2) is 4.39 Å². The number of nitrogens with zero attached hydrogens (tertiary/aromatic N) is 2. The highest BCUT2D eigenvalue weighted by molar-refractivity contribution is 6.31. The zero-order chi connectivity index (χ0) is 16.2. The van der Waals surface area contributed by atoms with Gasteiger partial charge in [0.05, 0.1) is 6.61 Å². The van der Waals surface area contributed by atoms with E-state index in [0.29, 0.717) is 11.1 Å². The van der Waals surface area contributed by atoms with Crippen LogP contribution in [0.3, 0.4) is 0 Å². The van der Waals surface area contributed by atoms with E-state index >= 15 is 0 Å². The van der Waals surface area contributed by atoms with E-state index in [1.165, 1.54) is 37.9 Å². The maximum Gasteiger partial charge on any atom is 0.124 e. The quantitative estimate of drug-likeness (QED) is 0.817. The van der Waals surface area contributed by atoms with Crippen LogP contribution in [-0.4, -0.2) is 55.7 Å². The third-order valence-electron chi connectivity index (χ3n) is 5.16. The van der Waals surface area contributed by atoms with Crippen molar-refractivity contribution in [2.75, 3.05) is 39.9 Å². The lowest BCUT2D eigenvalue weighted by atomic mass is 10.0. The molecule has 1 aromatic rings. The van der Waals surface area contributed by atoms with Gasteiger partial charge in [-0.1, -0.05) is 17.7 Å². The Labute approximate surface area is 143 Å². The molecule has 2 fully saturated rings. The molecule has 0 aliphatic carbocycles. The van der Waals surface area contributed by atoms with Crippen molar-refractivity contribution in [3.8, 4) is 0 Å². The second kappa shape index (κ2) is 7.93. The summed E-state index contributed by atoms with van der Waals surface area (Å²) >= 11 is 6.14. The van der Waals surface area contributed by atoms with Gasteiger partial charge in [0.25, 0.3) is 0 Å². The molecule has 0 aromatic heterocycles. The van der Waals surface area contributed by atoms with Gasteiger partial charge in [0.15, 0.2) is 0 Å². The second-order valence-electron chi connectivity index (χ2n) is 6.91. The number of rotatable bonds is 5. The fourth-order valence-corrected chi connectivity index (χ4v) is 3.91. The molecule has 0 radical (unpaired) electrons. The van der Waals surface area contributed by atoms with Gasteiger partial charge in [0, 0.05) is 30.8 Å². The summed E-state index contributed by atoms with van der Waals surface area (Å²) in [6, 6.07) is 5.26. The number of halogens is 2. The van der Waals surface area contributed by atoms with Crippen LogP contribution in [0, 0.1) is 11.7 Å². The van der Waals surface area contributed by atoms with Crippen LogP contribution in [0.25, 0.3) is 0 Å². The minimum Gasteiger partial charge on any atom is -0.381 e. The van der Waals surface area contributed by atoms with E-state index in [-0.39, 0.29) is 5.82 Å². The summed E-state index contributed by atoms with van der Waals surface area (Å²) in [6.07, 6.45) is 3.58. The van der Waals surface area contributed by atoms with Gasteiger partial charge < -0.3 is 9.64 Å². The first kappa shape index (κ1) is 17.2. The van der Waals surface area contributed by atoms with Crippen molar-refractivity contribution in [3.05, 3.63) is 34.6 Å². The van der Waals surface area contributed by atoms with Crippen LogP contribution in [-0.2, 0) is 11.3 Å². The molecular formula is C18H26ClFN2O. The van der Waals surface area contributed by atoms with E-state index in [9.17, 15) is 4.39 Å². The van der Waals surface area contributed by atoms with Crippen LogP contribution >= 0.6 is 11.6 Å². The van der Waals surface area contributed by atoms with Crippen molar-refractivity contribution in [1.82, 2.24) is 9.80 Å². The van der Waals surface area contributed by atoms with Crippen LogP contribution < -0.4 is 0 Å². The van der Waals surface area contributed by atoms with E-state index in [1.54, 1.807) is 6.07 Å². The Kier molecular flexibility index (Phi) is 5.91. The summed E-state index contributed by atoms with van der Waals surface area (Å²) in [6.45, 7) is 6.14. The lowest BCUT2D eigenvalue weighted by Gasteiger charge is -2.37. The summed E-state index contributed by atoms with van der Waals surface area (Å²) in [5.41, 5.74) is 1.00. The number of benzene rings is 1. The molecule has 0 saturated carbocycles. The zero-order valence-electron chi connectivity index (χ0n) is 13.8. The molecule has 3 nitrogen and oxygen atoms in total. The van der Waals surface area contributed by atoms with Gasteiger partial charge in [-0.15, -0.1) is 0 Å². The Morgan fingerprint density at radius 1 is 1.30 bits per heavy atom. The van der Waals surface area contributed by atoms with Crippen LogP contribution in [0.2, 0.25) is 5.02 Å². The molecule has 2 aliphatic rings. The molecule has 5 heteroatoms. The Hall–Kier alpha value is -0.680. The first-order valence-corrected chi connectivity index (χ1v) is 8.94. The number of ether oxygens (including phenoxy) is 1. The molecule has 1 aromatic carbocycles. The van der Waals surface area contributed by atoms with Crippen LogP contribution in [0.15, 0.2) is 18.2 Å². The Morgan fingerprint density at radius 3 is 2.74 bits per heavy atom. The minimum atomic E-state index is -0.273. The third-order valence-corrected chi connectivity index (χ3v) is 5.51. The van der Waals surface area contributed by atoms with Gasteiger partial charge in [-0.2, -0.15) is 0 Å². The SMILES string of the molecule is CN(Cc1ccc(F)cc1Cl)C1CCN(C[C@H]2CCOC2)CC1. The lowest BCUT2D eigenvalue weighted by molar-refractivity contribution is 0.106. The molecule has 128 valence electrons. The van der Waals surface area contributed by atoms with Crippen molar-refractivity contribution >= 4 is 11.6 Å². The normalized spacial score (nSPS) is 23.7. The van der Waals surface area contributed by atoms with E-state index in [0.717, 1.165) is 44.3 Å². The highest BCUT2D eigenvalue weighted by Crippen LogP contribution is 2.23. The van der Waals surface area contributed by atoms with Crippen LogP contribution in [0.4, 0.5) is 4.39 Å². The maximum absolute atomic E-state index is 13.1. The molecule has 3 rings (SSSR count). The first-order chi connectivity index (χ1) is 11.1. The average molecular weight is 341 g/mol. The summed E-state index contributed by atoms with van der Waals surface area (Å²) < 4.78 is 18.6. The summed E-state index contributed by atoms with van der Waals surface area (Å²) in [5.74, 6) is 0.452. The van der Waals surface area contributed by atoms with Gasteiger partial charge in [-0.3, -0.25) is 4.90 Å². The molecule has 2 heterocycles. The van der Waals surface area contributed by atoms with Gasteiger partial charge in [0.1, 0.15) is 5.82 Å². The van der Waals surface area contributed by atoms with E-state index in [1.807, 2.05) is 0 Å². The smallest absolute Gasteiger partial charge is 0.124 e. The van der Waals surface area contributed by atoms with E-state index < -0.39 is 0 Å². The Morgan fingerprint density at radius 2 is 2.09 bits per heavy atom. The number of hydrogen-bond acceptors (Lipinski definition) is 3. The molecule has 2 aliphatic heterocycles. The number of likely N-dealkylation sites (tertiary alicyclic amines) is 1. The standard InChI is InChI=1S/C18H26ClFN2O/c1-21(12-15-2-3-16(20)10-18(15)19)17-4-7-22(8-5-17)11-14-6-9-23-13-14/h2-3,10,14,17H,4-9,11-13H2,1H3/t14-/m1/s1. The molecule has 0 bridgehead atoms. The molecule has 0 amide bonds. The van der Waals surface area contributed by atoms with Gasteiger partial charge in [0.2, 0.25) is 0 Å². The van der Waals surface area contributed by atoms with E-state index in [2.05, 4.69) is 16.8 Å². The Bertz CT molecular complexity index is 514. The highest BCUT2D eigenvalue weighted by atomic mass is 35.5. The molecule has 0 unspecified atom stereocenters. The third kappa shape index (κ3) is 4.66. The predicted octanol–water partition coefficient (Wildman–Crippen LogP) is 3.41. The molecule has 0 spiro atoms. The molecule has 23 heavy (non-hydrogen) atoms. The van der Waals surface area contributed by atoms with Crippen LogP contribution in [0.1, 0.15) is 24.8 Å². The number of hydrogen-bond donors (Lipinski definition) is 0. The second-order valence-corrected chi connectivity index (χ2v) is 7.32. The monoisotopic (exact) mass is 340 g/mol. The summed E-state index contributed by atoms with van der Waals surface area (Å²) in [7, 11) is 2.14. The maximum atomic E-state index is 13.1. The average Bonchev–Trinajstić information content (AvgIpc) is 3.04. The summed E-state index contributed by atoms with van der Waals surface area (Å²) in [4.78, 5) is 4.93. The largest absolute Gasteiger partial charge is 0.381 e. The fourth-order valence-electron chi connectivity index (χ4n) is 3.68. The number of piperidine rings is 1. The van der Waals surface area contributed by atoms with Crippen molar-refractivity contribution in [2.24, 2.45) is 5.92 Å². The zero-order valence-corrected chi connectivity index (χ0v) is 14.6. The molecule has 2 saturated heterocycles. The first-order valence-electron chi connectivity index (χ1n) is 8.56. The molecule has 1 atom stereocenters. The van der Waals surface area contributed by atoms with Gasteiger partial charge >= 0.3 is 0 Å². The van der Waals surface area contributed by atoms with Crippen molar-refractivity contribution in [1.29, 1.82) is 0 Å².